The minimum atomic E-state index is -0.441. The van der Waals surface area contributed by atoms with Crippen LogP contribution in [0.4, 0.5) is 5.69 Å². The molecule has 0 unspecified atom stereocenters. The van der Waals surface area contributed by atoms with Crippen LogP contribution in [0, 0.1) is 13.8 Å². The van der Waals surface area contributed by atoms with Crippen LogP contribution in [0.15, 0.2) is 24.3 Å². The first kappa shape index (κ1) is 16.2. The Hall–Kier alpha value is -2.21. The van der Waals surface area contributed by atoms with Crippen molar-refractivity contribution in [1.82, 2.24) is 4.98 Å². The Morgan fingerprint density at radius 1 is 1.27 bits per heavy atom. The van der Waals surface area contributed by atoms with Gasteiger partial charge in [0.2, 0.25) is 5.91 Å². The molecule has 0 spiro atoms. The molecule has 0 saturated heterocycles. The lowest BCUT2D eigenvalue weighted by Gasteiger charge is -2.10. The van der Waals surface area contributed by atoms with Crippen molar-refractivity contribution in [2.24, 2.45) is 0 Å². The highest BCUT2D eigenvalue weighted by Crippen LogP contribution is 2.20. The fraction of sp³-hybridized carbons (Fsp3) is 0.312. The van der Waals surface area contributed by atoms with Gasteiger partial charge in [-0.3, -0.25) is 4.79 Å². The predicted octanol–water partition coefficient (Wildman–Crippen LogP) is 3.12. The summed E-state index contributed by atoms with van der Waals surface area (Å²) in [6.07, 6.45) is 0.245. The number of aromatic nitrogens is 1. The molecule has 0 bridgehead atoms. The number of thiazole rings is 1. The molecule has 0 fully saturated rings. The number of nitrogens with zero attached hydrogens (tertiary/aromatic N) is 1. The van der Waals surface area contributed by atoms with E-state index in [0.717, 1.165) is 15.6 Å². The highest BCUT2D eigenvalue weighted by atomic mass is 32.1. The van der Waals surface area contributed by atoms with E-state index in [9.17, 15) is 9.59 Å². The highest BCUT2D eigenvalue weighted by molar-refractivity contribution is 7.11. The molecule has 0 aliphatic carbocycles. The smallest absolute Gasteiger partial charge is 0.340 e. The van der Waals surface area contributed by atoms with E-state index in [1.807, 2.05) is 13.8 Å². The van der Waals surface area contributed by atoms with Gasteiger partial charge in [0, 0.05) is 4.88 Å². The van der Waals surface area contributed by atoms with Crippen LogP contribution in [0.3, 0.4) is 0 Å². The number of hydrogen-bond acceptors (Lipinski definition) is 5. The lowest BCUT2D eigenvalue weighted by molar-refractivity contribution is -0.115. The molecule has 1 N–H and O–H groups in total. The third-order valence-electron chi connectivity index (χ3n) is 3.02. The molecule has 0 saturated carbocycles. The number of carbonyl (C=O) groups is 2. The van der Waals surface area contributed by atoms with Crippen LogP contribution in [0.25, 0.3) is 0 Å². The van der Waals surface area contributed by atoms with Crippen LogP contribution < -0.4 is 5.32 Å². The Morgan fingerprint density at radius 3 is 2.64 bits per heavy atom. The molecule has 116 valence electrons. The van der Waals surface area contributed by atoms with Crippen molar-refractivity contribution in [3.05, 3.63) is 45.4 Å². The number of hydrogen-bond donors (Lipinski definition) is 1. The number of aryl methyl sites for hydroxylation is 2. The molecule has 2 rings (SSSR count). The van der Waals surface area contributed by atoms with Gasteiger partial charge < -0.3 is 10.1 Å². The molecule has 1 amide bonds. The molecule has 2 aromatic rings. The summed E-state index contributed by atoms with van der Waals surface area (Å²) in [5.74, 6) is -0.619. The van der Waals surface area contributed by atoms with E-state index in [1.54, 1.807) is 31.2 Å². The number of benzene rings is 1. The second kappa shape index (κ2) is 7.17. The number of para-hydroxylation sites is 1. The summed E-state index contributed by atoms with van der Waals surface area (Å²) in [7, 11) is 0. The van der Waals surface area contributed by atoms with Crippen LogP contribution in [0.5, 0.6) is 0 Å². The third-order valence-corrected chi connectivity index (χ3v) is 4.09. The second-order valence-corrected chi connectivity index (χ2v) is 6.02. The van der Waals surface area contributed by atoms with E-state index in [2.05, 4.69) is 10.3 Å². The summed E-state index contributed by atoms with van der Waals surface area (Å²) in [6.45, 7) is 5.84. The summed E-state index contributed by atoms with van der Waals surface area (Å²) in [6, 6.07) is 6.82. The molecule has 1 aromatic heterocycles. The first-order valence-corrected chi connectivity index (χ1v) is 7.81. The quantitative estimate of drug-likeness (QED) is 0.860. The van der Waals surface area contributed by atoms with Gasteiger partial charge in [0.15, 0.2) is 0 Å². The van der Waals surface area contributed by atoms with E-state index in [4.69, 9.17) is 4.74 Å². The Balaban J connectivity index is 2.12. The summed E-state index contributed by atoms with van der Waals surface area (Å²) < 4.78 is 4.99. The van der Waals surface area contributed by atoms with Crippen molar-refractivity contribution in [3.63, 3.8) is 0 Å². The molecule has 5 nitrogen and oxygen atoms in total. The average molecular weight is 318 g/mol. The molecule has 1 aromatic carbocycles. The summed E-state index contributed by atoms with van der Waals surface area (Å²) >= 11 is 1.51. The topological polar surface area (TPSA) is 68.3 Å². The van der Waals surface area contributed by atoms with Crippen molar-refractivity contribution >= 4 is 28.9 Å². The summed E-state index contributed by atoms with van der Waals surface area (Å²) in [5.41, 5.74) is 1.69. The van der Waals surface area contributed by atoms with Crippen molar-refractivity contribution in [2.45, 2.75) is 27.2 Å². The lowest BCUT2D eigenvalue weighted by atomic mass is 10.1. The molecule has 0 radical (unpaired) electrons. The number of anilines is 1. The SMILES string of the molecule is CCOC(=O)c1ccccc1NC(=O)Cc1sc(C)nc1C. The molecular weight excluding hydrogens is 300 g/mol. The fourth-order valence-corrected chi connectivity index (χ4v) is 2.99. The zero-order valence-electron chi connectivity index (χ0n) is 12.8. The largest absolute Gasteiger partial charge is 0.462 e. The van der Waals surface area contributed by atoms with E-state index in [0.29, 0.717) is 17.9 Å². The Labute approximate surface area is 133 Å². The van der Waals surface area contributed by atoms with Gasteiger partial charge in [-0.05, 0) is 32.9 Å². The maximum atomic E-state index is 12.2. The fourth-order valence-electron chi connectivity index (χ4n) is 2.06. The normalized spacial score (nSPS) is 10.3. The van der Waals surface area contributed by atoms with Gasteiger partial charge in [-0.2, -0.15) is 0 Å². The van der Waals surface area contributed by atoms with Crippen molar-refractivity contribution in [2.75, 3.05) is 11.9 Å². The standard InChI is InChI=1S/C16H18N2O3S/c1-4-21-16(20)12-7-5-6-8-13(12)18-15(19)9-14-10(2)17-11(3)22-14/h5-8H,4,9H2,1-3H3,(H,18,19). The van der Waals surface area contributed by atoms with Crippen molar-refractivity contribution in [1.29, 1.82) is 0 Å². The number of esters is 1. The Bertz CT molecular complexity index is 694. The molecule has 0 atom stereocenters. The number of carbonyl (C=O) groups excluding carboxylic acids is 2. The van der Waals surface area contributed by atoms with E-state index in [1.165, 1.54) is 11.3 Å². The molecule has 6 heteroatoms. The summed E-state index contributed by atoms with van der Waals surface area (Å²) in [5, 5.41) is 3.71. The van der Waals surface area contributed by atoms with E-state index >= 15 is 0 Å². The van der Waals surface area contributed by atoms with Gasteiger partial charge in [0.1, 0.15) is 0 Å². The monoisotopic (exact) mass is 318 g/mol. The van der Waals surface area contributed by atoms with Gasteiger partial charge in [-0.25, -0.2) is 9.78 Å². The van der Waals surface area contributed by atoms with Crippen LogP contribution in [0.1, 0.15) is 32.9 Å². The number of rotatable bonds is 5. The highest BCUT2D eigenvalue weighted by Gasteiger charge is 2.15. The minimum absolute atomic E-state index is 0.177. The van der Waals surface area contributed by atoms with E-state index in [-0.39, 0.29) is 12.3 Å². The van der Waals surface area contributed by atoms with Crippen molar-refractivity contribution < 1.29 is 14.3 Å². The number of nitrogens with one attached hydrogen (secondary N) is 1. The van der Waals surface area contributed by atoms with E-state index < -0.39 is 5.97 Å². The molecule has 22 heavy (non-hydrogen) atoms. The second-order valence-electron chi connectivity index (χ2n) is 4.73. The zero-order valence-corrected chi connectivity index (χ0v) is 13.6. The van der Waals surface area contributed by atoms with Crippen LogP contribution in [0.2, 0.25) is 0 Å². The maximum absolute atomic E-state index is 12.2. The van der Waals surface area contributed by atoms with Crippen molar-refractivity contribution in [3.8, 4) is 0 Å². The Kier molecular flexibility index (Phi) is 5.27. The minimum Gasteiger partial charge on any atom is -0.462 e. The van der Waals surface area contributed by atoms with Gasteiger partial charge in [-0.1, -0.05) is 12.1 Å². The van der Waals surface area contributed by atoms with Crippen LogP contribution in [-0.4, -0.2) is 23.5 Å². The zero-order chi connectivity index (χ0) is 16.1. The van der Waals surface area contributed by atoms with Gasteiger partial charge in [-0.15, -0.1) is 11.3 Å². The number of amides is 1. The van der Waals surface area contributed by atoms with Gasteiger partial charge in [0.05, 0.1) is 35.0 Å². The molecule has 0 aliphatic rings. The molecule has 1 heterocycles. The third kappa shape index (κ3) is 3.92. The lowest BCUT2D eigenvalue weighted by Crippen LogP contribution is -2.17. The first-order chi connectivity index (χ1) is 10.5. The van der Waals surface area contributed by atoms with Gasteiger partial charge in [0.25, 0.3) is 0 Å². The first-order valence-electron chi connectivity index (χ1n) is 7.00. The maximum Gasteiger partial charge on any atom is 0.340 e. The average Bonchev–Trinajstić information content (AvgIpc) is 2.77. The number of ether oxygens (including phenoxy) is 1. The summed E-state index contributed by atoms with van der Waals surface area (Å²) in [4.78, 5) is 29.3. The Morgan fingerprint density at radius 2 is 2.00 bits per heavy atom. The molecule has 0 aliphatic heterocycles. The predicted molar refractivity (Wildman–Crippen MR) is 86.3 cm³/mol. The van der Waals surface area contributed by atoms with Crippen LogP contribution in [-0.2, 0) is 16.0 Å². The van der Waals surface area contributed by atoms with Crippen LogP contribution >= 0.6 is 11.3 Å². The van der Waals surface area contributed by atoms with Gasteiger partial charge >= 0.3 is 5.97 Å². The molecular formula is C16H18N2O3S.